The molecule has 0 N–H and O–H groups in total. The largest absolute Gasteiger partial charge is 0.369 e. The molecule has 1 aromatic carbocycles. The van der Waals surface area contributed by atoms with E-state index in [4.69, 9.17) is 0 Å². The minimum Gasteiger partial charge on any atom is -0.369 e. The third-order valence-corrected chi connectivity index (χ3v) is 5.10. The molecule has 2 aromatic heterocycles. The Balaban J connectivity index is 1.47. The highest BCUT2D eigenvalue weighted by molar-refractivity contribution is 5.81. The number of aromatic nitrogens is 4. The fourth-order valence-electron chi connectivity index (χ4n) is 3.47. The Morgan fingerprint density at radius 3 is 2.48 bits per heavy atom. The van der Waals surface area contributed by atoms with E-state index in [-0.39, 0.29) is 11.1 Å². The van der Waals surface area contributed by atoms with Crippen LogP contribution in [0.3, 0.4) is 0 Å². The van der Waals surface area contributed by atoms with Crippen molar-refractivity contribution in [3.63, 3.8) is 0 Å². The Hall–Kier alpha value is -3.00. The maximum Gasteiger partial charge on any atom is 0.260 e. The van der Waals surface area contributed by atoms with Crippen LogP contribution in [0, 0.1) is 0 Å². The van der Waals surface area contributed by atoms with Gasteiger partial charge in [0.1, 0.15) is 0 Å². The van der Waals surface area contributed by atoms with Gasteiger partial charge < -0.3 is 14.0 Å². The lowest BCUT2D eigenvalue weighted by Gasteiger charge is -2.36. The standard InChI is InChI=1S/C19H22N6O2/c1-22-12-20-10-14(18(22)26)11-24-5-7-25(8-6-24)15-3-4-16-17(9-15)21-13-23(2)19(16)27/h3-4,9-10,12-13H,5-8,11H2,1-2H3. The first kappa shape index (κ1) is 17.4. The maximum atomic E-state index is 12.2. The summed E-state index contributed by atoms with van der Waals surface area (Å²) in [4.78, 5) is 37.3. The van der Waals surface area contributed by atoms with Crippen molar-refractivity contribution in [3.05, 3.63) is 63.3 Å². The van der Waals surface area contributed by atoms with Crippen molar-refractivity contribution < 1.29 is 0 Å². The number of piperazine rings is 1. The molecule has 0 aliphatic carbocycles. The van der Waals surface area contributed by atoms with Crippen LogP contribution in [0.4, 0.5) is 5.69 Å². The van der Waals surface area contributed by atoms with Crippen LogP contribution in [0.1, 0.15) is 5.56 Å². The highest BCUT2D eigenvalue weighted by atomic mass is 16.1. The van der Waals surface area contributed by atoms with Gasteiger partial charge in [-0.15, -0.1) is 0 Å². The normalized spacial score (nSPS) is 15.4. The molecule has 1 aliphatic heterocycles. The van der Waals surface area contributed by atoms with Crippen LogP contribution in [-0.2, 0) is 20.6 Å². The first-order chi connectivity index (χ1) is 13.0. The number of fused-ring (bicyclic) bond motifs is 1. The molecule has 1 aliphatic rings. The highest BCUT2D eigenvalue weighted by Gasteiger charge is 2.19. The summed E-state index contributed by atoms with van der Waals surface area (Å²) in [5, 5.41) is 0.634. The van der Waals surface area contributed by atoms with Gasteiger partial charge in [0.15, 0.2) is 0 Å². The fourth-order valence-corrected chi connectivity index (χ4v) is 3.47. The van der Waals surface area contributed by atoms with Gasteiger partial charge in [0.05, 0.1) is 23.6 Å². The van der Waals surface area contributed by atoms with Gasteiger partial charge in [0.2, 0.25) is 0 Å². The quantitative estimate of drug-likeness (QED) is 0.666. The van der Waals surface area contributed by atoms with E-state index in [0.29, 0.717) is 11.9 Å². The minimum absolute atomic E-state index is 0.00890. The van der Waals surface area contributed by atoms with Gasteiger partial charge in [-0.05, 0) is 18.2 Å². The number of hydrogen-bond acceptors (Lipinski definition) is 6. The van der Waals surface area contributed by atoms with E-state index in [1.54, 1.807) is 26.6 Å². The summed E-state index contributed by atoms with van der Waals surface area (Å²) in [6.45, 7) is 4.05. The molecule has 0 atom stereocenters. The Bertz CT molecular complexity index is 1100. The van der Waals surface area contributed by atoms with Gasteiger partial charge in [-0.1, -0.05) is 0 Å². The van der Waals surface area contributed by atoms with Crippen LogP contribution in [0.25, 0.3) is 10.9 Å². The number of anilines is 1. The van der Waals surface area contributed by atoms with Gasteiger partial charge >= 0.3 is 0 Å². The first-order valence-corrected chi connectivity index (χ1v) is 8.95. The molecule has 0 amide bonds. The van der Waals surface area contributed by atoms with E-state index < -0.39 is 0 Å². The number of benzene rings is 1. The first-order valence-electron chi connectivity index (χ1n) is 8.95. The summed E-state index contributed by atoms with van der Waals surface area (Å²) in [6.07, 6.45) is 4.75. The lowest BCUT2D eigenvalue weighted by atomic mass is 10.2. The molecular weight excluding hydrogens is 344 g/mol. The molecule has 27 heavy (non-hydrogen) atoms. The predicted molar refractivity (Wildman–Crippen MR) is 104 cm³/mol. The van der Waals surface area contributed by atoms with Gasteiger partial charge in [0, 0.05) is 64.3 Å². The minimum atomic E-state index is -0.0329. The molecule has 0 spiro atoms. The zero-order valence-corrected chi connectivity index (χ0v) is 15.5. The molecule has 0 bridgehead atoms. The monoisotopic (exact) mass is 366 g/mol. The van der Waals surface area contributed by atoms with Crippen LogP contribution in [0.15, 0.2) is 46.6 Å². The SMILES string of the molecule is Cn1cncc(CN2CCN(c3ccc4c(=O)n(C)cnc4c3)CC2)c1=O. The smallest absolute Gasteiger partial charge is 0.260 e. The van der Waals surface area contributed by atoms with Crippen molar-refractivity contribution in [2.45, 2.75) is 6.54 Å². The van der Waals surface area contributed by atoms with Crippen molar-refractivity contribution in [2.24, 2.45) is 14.1 Å². The Labute approximate surface area is 156 Å². The number of hydrogen-bond donors (Lipinski definition) is 0. The third-order valence-electron chi connectivity index (χ3n) is 5.10. The second-order valence-corrected chi connectivity index (χ2v) is 6.96. The topological polar surface area (TPSA) is 76.3 Å². The summed E-state index contributed by atoms with van der Waals surface area (Å²) in [5.41, 5.74) is 2.49. The second-order valence-electron chi connectivity index (χ2n) is 6.96. The molecule has 140 valence electrons. The fraction of sp³-hybridized carbons (Fsp3) is 0.368. The Morgan fingerprint density at radius 1 is 0.963 bits per heavy atom. The summed E-state index contributed by atoms with van der Waals surface area (Å²) < 4.78 is 3.00. The lowest BCUT2D eigenvalue weighted by molar-refractivity contribution is 0.248. The summed E-state index contributed by atoms with van der Waals surface area (Å²) in [7, 11) is 3.43. The molecule has 3 aromatic rings. The van der Waals surface area contributed by atoms with E-state index in [9.17, 15) is 9.59 Å². The molecule has 1 saturated heterocycles. The zero-order valence-electron chi connectivity index (χ0n) is 15.5. The van der Waals surface area contributed by atoms with E-state index in [1.807, 2.05) is 18.2 Å². The zero-order chi connectivity index (χ0) is 19.0. The Kier molecular flexibility index (Phi) is 4.49. The number of rotatable bonds is 3. The van der Waals surface area contributed by atoms with E-state index in [1.165, 1.54) is 15.5 Å². The van der Waals surface area contributed by atoms with Crippen molar-refractivity contribution >= 4 is 16.6 Å². The summed E-state index contributed by atoms with van der Waals surface area (Å²) >= 11 is 0. The third kappa shape index (κ3) is 3.35. The van der Waals surface area contributed by atoms with Gasteiger partial charge in [-0.3, -0.25) is 14.5 Å². The molecule has 8 nitrogen and oxygen atoms in total. The van der Waals surface area contributed by atoms with Crippen molar-refractivity contribution in [2.75, 3.05) is 31.1 Å². The molecule has 8 heteroatoms. The van der Waals surface area contributed by atoms with Crippen molar-refractivity contribution in [1.82, 2.24) is 24.0 Å². The molecule has 0 unspecified atom stereocenters. The molecule has 3 heterocycles. The highest BCUT2D eigenvalue weighted by Crippen LogP contribution is 2.20. The van der Waals surface area contributed by atoms with Crippen LogP contribution >= 0.6 is 0 Å². The Morgan fingerprint density at radius 2 is 1.70 bits per heavy atom. The molecule has 0 radical (unpaired) electrons. The van der Waals surface area contributed by atoms with Crippen LogP contribution in [0.2, 0.25) is 0 Å². The van der Waals surface area contributed by atoms with Crippen molar-refractivity contribution in [1.29, 1.82) is 0 Å². The molecular formula is C19H22N6O2. The average Bonchev–Trinajstić information content (AvgIpc) is 2.69. The van der Waals surface area contributed by atoms with E-state index in [0.717, 1.165) is 42.9 Å². The average molecular weight is 366 g/mol. The predicted octanol–water partition coefficient (Wildman–Crippen LogP) is 0.349. The molecule has 4 rings (SSSR count). The number of nitrogens with zero attached hydrogens (tertiary/aromatic N) is 6. The van der Waals surface area contributed by atoms with Crippen molar-refractivity contribution in [3.8, 4) is 0 Å². The van der Waals surface area contributed by atoms with E-state index >= 15 is 0 Å². The number of aryl methyl sites for hydroxylation is 2. The van der Waals surface area contributed by atoms with E-state index in [2.05, 4.69) is 19.8 Å². The van der Waals surface area contributed by atoms with Crippen LogP contribution in [0.5, 0.6) is 0 Å². The molecule has 0 saturated carbocycles. The van der Waals surface area contributed by atoms with Gasteiger partial charge in [-0.25, -0.2) is 9.97 Å². The van der Waals surface area contributed by atoms with Crippen LogP contribution in [-0.4, -0.2) is 50.2 Å². The van der Waals surface area contributed by atoms with Gasteiger partial charge in [-0.2, -0.15) is 0 Å². The van der Waals surface area contributed by atoms with Crippen LogP contribution < -0.4 is 16.0 Å². The molecule has 1 fully saturated rings. The summed E-state index contributed by atoms with van der Waals surface area (Å²) in [5.74, 6) is 0. The maximum absolute atomic E-state index is 12.2. The van der Waals surface area contributed by atoms with Gasteiger partial charge in [0.25, 0.3) is 11.1 Å². The summed E-state index contributed by atoms with van der Waals surface area (Å²) in [6, 6.07) is 5.81. The second kappa shape index (κ2) is 6.96. The lowest BCUT2D eigenvalue weighted by Crippen LogP contribution is -2.46.